The number of rotatable bonds is 5. The van der Waals surface area contributed by atoms with Crippen LogP contribution in [0, 0.1) is 19.7 Å². The zero-order chi connectivity index (χ0) is 21.4. The molecule has 1 aliphatic heterocycles. The van der Waals surface area contributed by atoms with Crippen LogP contribution in [0.4, 0.5) is 4.39 Å². The minimum absolute atomic E-state index is 0.0271. The van der Waals surface area contributed by atoms with Gasteiger partial charge in [0.25, 0.3) is 0 Å². The van der Waals surface area contributed by atoms with Crippen molar-refractivity contribution < 1.29 is 13.9 Å². The molecule has 158 valence electrons. The highest BCUT2D eigenvalue weighted by molar-refractivity contribution is 5.86. The van der Waals surface area contributed by atoms with Crippen LogP contribution in [0.25, 0.3) is 11.0 Å². The molecular formula is C23H27FN4O2. The van der Waals surface area contributed by atoms with Gasteiger partial charge in [-0.1, -0.05) is 12.1 Å². The van der Waals surface area contributed by atoms with E-state index in [1.807, 2.05) is 25.8 Å². The van der Waals surface area contributed by atoms with E-state index in [-0.39, 0.29) is 17.8 Å². The van der Waals surface area contributed by atoms with E-state index in [1.165, 1.54) is 12.1 Å². The largest absolute Gasteiger partial charge is 0.479 e. The summed E-state index contributed by atoms with van der Waals surface area (Å²) in [5.74, 6) is 0.425. The van der Waals surface area contributed by atoms with E-state index in [9.17, 15) is 9.18 Å². The first-order valence-corrected chi connectivity index (χ1v) is 10.3. The van der Waals surface area contributed by atoms with Gasteiger partial charge < -0.3 is 9.64 Å². The lowest BCUT2D eigenvalue weighted by Gasteiger charge is -2.25. The van der Waals surface area contributed by atoms with Crippen LogP contribution in [0.5, 0.6) is 5.88 Å². The lowest BCUT2D eigenvalue weighted by atomic mass is 9.99. The third-order valence-electron chi connectivity index (χ3n) is 6.13. The summed E-state index contributed by atoms with van der Waals surface area (Å²) in [6, 6.07) is 6.52. The van der Waals surface area contributed by atoms with Crippen LogP contribution >= 0.6 is 0 Å². The number of methoxy groups -OCH3 is 1. The second-order valence-electron chi connectivity index (χ2n) is 7.93. The molecule has 2 aromatic heterocycles. The maximum atomic E-state index is 13.3. The molecule has 3 aromatic rings. The number of nitrogens with zero attached hydrogens (tertiary/aromatic N) is 4. The van der Waals surface area contributed by atoms with Gasteiger partial charge in [0, 0.05) is 25.7 Å². The molecule has 3 heterocycles. The first kappa shape index (κ1) is 20.3. The molecule has 0 unspecified atom stereocenters. The number of hydrogen-bond acceptors (Lipinski definition) is 4. The Kier molecular flexibility index (Phi) is 5.45. The van der Waals surface area contributed by atoms with Crippen molar-refractivity contribution in [2.45, 2.75) is 45.6 Å². The van der Waals surface area contributed by atoms with E-state index in [1.54, 1.807) is 23.9 Å². The van der Waals surface area contributed by atoms with Crippen molar-refractivity contribution in [1.82, 2.24) is 19.7 Å². The molecular weight excluding hydrogens is 383 g/mol. The number of amides is 1. The summed E-state index contributed by atoms with van der Waals surface area (Å²) in [6.45, 7) is 4.76. The summed E-state index contributed by atoms with van der Waals surface area (Å²) >= 11 is 0. The zero-order valence-corrected chi connectivity index (χ0v) is 17.9. The molecule has 1 saturated heterocycles. The lowest BCUT2D eigenvalue weighted by Crippen LogP contribution is -2.30. The fourth-order valence-electron chi connectivity index (χ4n) is 4.58. The summed E-state index contributed by atoms with van der Waals surface area (Å²) in [6.07, 6.45) is 2.90. The Hall–Kier alpha value is -2.96. The number of pyridine rings is 1. The van der Waals surface area contributed by atoms with Gasteiger partial charge in [0.2, 0.25) is 11.8 Å². The Balaban J connectivity index is 1.55. The average Bonchev–Trinajstić information content (AvgIpc) is 3.33. The van der Waals surface area contributed by atoms with Crippen LogP contribution < -0.4 is 4.74 Å². The number of fused-ring (bicyclic) bond motifs is 1. The molecule has 1 aromatic carbocycles. The standard InChI is InChI=1S/C23H27FN4O2/c1-14-18(15(2)25-22-21(14)23(30-4)26-27(22)3)11-12-20(29)28-13-5-6-19(28)16-7-9-17(24)10-8-16/h7-10,19H,5-6,11-13H2,1-4H3/t19-/m1/s1. The van der Waals surface area contributed by atoms with Crippen LogP contribution in [-0.4, -0.2) is 39.2 Å². The van der Waals surface area contributed by atoms with Crippen molar-refractivity contribution in [2.75, 3.05) is 13.7 Å². The quantitative estimate of drug-likeness (QED) is 0.637. The minimum atomic E-state index is -0.255. The van der Waals surface area contributed by atoms with Gasteiger partial charge in [-0.05, 0) is 61.9 Å². The van der Waals surface area contributed by atoms with Crippen LogP contribution in [-0.2, 0) is 18.3 Å². The molecule has 6 nitrogen and oxygen atoms in total. The second kappa shape index (κ2) is 8.05. The van der Waals surface area contributed by atoms with Gasteiger partial charge in [-0.2, -0.15) is 0 Å². The van der Waals surface area contributed by atoms with E-state index in [4.69, 9.17) is 9.72 Å². The molecule has 0 bridgehead atoms. The third-order valence-corrected chi connectivity index (χ3v) is 6.13. The lowest BCUT2D eigenvalue weighted by molar-refractivity contribution is -0.132. The number of carbonyl (C=O) groups is 1. The SMILES string of the molecule is COc1nn(C)c2nc(C)c(CCC(=O)N3CCC[C@@H]3c3ccc(F)cc3)c(C)c12. The predicted octanol–water partition coefficient (Wildman–Crippen LogP) is 4.03. The number of hydrogen-bond donors (Lipinski definition) is 0. The second-order valence-corrected chi connectivity index (χ2v) is 7.93. The van der Waals surface area contributed by atoms with Gasteiger partial charge in [0.15, 0.2) is 5.65 Å². The molecule has 1 aliphatic rings. The number of benzene rings is 1. The van der Waals surface area contributed by atoms with Crippen LogP contribution in [0.2, 0.25) is 0 Å². The summed E-state index contributed by atoms with van der Waals surface area (Å²) in [5.41, 5.74) is 4.83. The molecule has 7 heteroatoms. The smallest absolute Gasteiger partial charge is 0.242 e. The van der Waals surface area contributed by atoms with Crippen molar-refractivity contribution in [3.63, 3.8) is 0 Å². The normalized spacial score (nSPS) is 16.4. The molecule has 0 spiro atoms. The van der Waals surface area contributed by atoms with E-state index in [0.29, 0.717) is 18.7 Å². The molecule has 0 N–H and O–H groups in total. The summed E-state index contributed by atoms with van der Waals surface area (Å²) in [5, 5.41) is 5.29. The Bertz CT molecular complexity index is 1090. The molecule has 1 fully saturated rings. The van der Waals surface area contributed by atoms with Crippen molar-refractivity contribution in [2.24, 2.45) is 7.05 Å². The average molecular weight is 410 g/mol. The van der Waals surface area contributed by atoms with E-state index >= 15 is 0 Å². The third kappa shape index (κ3) is 3.53. The van der Waals surface area contributed by atoms with E-state index < -0.39 is 0 Å². The van der Waals surface area contributed by atoms with Gasteiger partial charge in [0.1, 0.15) is 5.82 Å². The predicted molar refractivity (Wildman–Crippen MR) is 113 cm³/mol. The highest BCUT2D eigenvalue weighted by Crippen LogP contribution is 2.34. The maximum absolute atomic E-state index is 13.3. The summed E-state index contributed by atoms with van der Waals surface area (Å²) < 4.78 is 20.4. The highest BCUT2D eigenvalue weighted by atomic mass is 19.1. The fraction of sp³-hybridized carbons (Fsp3) is 0.435. The molecule has 30 heavy (non-hydrogen) atoms. The topological polar surface area (TPSA) is 60.2 Å². The number of ether oxygens (including phenoxy) is 1. The summed E-state index contributed by atoms with van der Waals surface area (Å²) in [7, 11) is 3.45. The molecule has 4 rings (SSSR count). The van der Waals surface area contributed by atoms with E-state index in [2.05, 4.69) is 5.10 Å². The van der Waals surface area contributed by atoms with Gasteiger partial charge in [-0.3, -0.25) is 4.79 Å². The highest BCUT2D eigenvalue weighted by Gasteiger charge is 2.30. The minimum Gasteiger partial charge on any atom is -0.479 e. The van der Waals surface area contributed by atoms with Gasteiger partial charge in [-0.15, -0.1) is 5.10 Å². The molecule has 0 saturated carbocycles. The molecule has 0 aliphatic carbocycles. The van der Waals surface area contributed by atoms with Crippen LogP contribution in [0.15, 0.2) is 24.3 Å². The maximum Gasteiger partial charge on any atom is 0.242 e. The van der Waals surface area contributed by atoms with Crippen LogP contribution in [0.1, 0.15) is 47.7 Å². The number of halogens is 1. The van der Waals surface area contributed by atoms with Crippen molar-refractivity contribution >= 4 is 16.9 Å². The fourth-order valence-corrected chi connectivity index (χ4v) is 4.58. The van der Waals surface area contributed by atoms with Gasteiger partial charge >= 0.3 is 0 Å². The number of carbonyl (C=O) groups excluding carboxylic acids is 1. The zero-order valence-electron chi connectivity index (χ0n) is 17.9. The van der Waals surface area contributed by atoms with E-state index in [0.717, 1.165) is 52.8 Å². The molecule has 1 amide bonds. The molecule has 0 radical (unpaired) electrons. The van der Waals surface area contributed by atoms with Crippen molar-refractivity contribution in [3.8, 4) is 5.88 Å². The number of likely N-dealkylation sites (tertiary alicyclic amines) is 1. The first-order chi connectivity index (χ1) is 14.4. The first-order valence-electron chi connectivity index (χ1n) is 10.3. The number of aryl methyl sites for hydroxylation is 3. The Labute approximate surface area is 175 Å². The Morgan fingerprint density at radius 2 is 2.00 bits per heavy atom. The Morgan fingerprint density at radius 3 is 2.70 bits per heavy atom. The van der Waals surface area contributed by atoms with Gasteiger partial charge in [0.05, 0.1) is 18.5 Å². The Morgan fingerprint density at radius 1 is 1.27 bits per heavy atom. The van der Waals surface area contributed by atoms with Crippen molar-refractivity contribution in [1.29, 1.82) is 0 Å². The summed E-state index contributed by atoms with van der Waals surface area (Å²) in [4.78, 5) is 19.7. The monoisotopic (exact) mass is 410 g/mol. The molecule has 1 atom stereocenters. The number of aromatic nitrogens is 3. The van der Waals surface area contributed by atoms with Crippen LogP contribution in [0.3, 0.4) is 0 Å². The van der Waals surface area contributed by atoms with Gasteiger partial charge in [-0.25, -0.2) is 14.1 Å². The van der Waals surface area contributed by atoms with Crippen molar-refractivity contribution in [3.05, 3.63) is 52.5 Å².